The van der Waals surface area contributed by atoms with Gasteiger partial charge < -0.3 is 0 Å². The zero-order valence-electron chi connectivity index (χ0n) is 35.9. The molecule has 0 N–H and O–H groups in total. The number of hydrogen-bond donors (Lipinski definition) is 0. The molecule has 0 unspecified atom stereocenters. The van der Waals surface area contributed by atoms with Gasteiger partial charge in [0.05, 0.1) is 33.8 Å². The highest BCUT2D eigenvalue weighted by Gasteiger charge is 2.16. The number of fused-ring (bicyclic) bond motifs is 4. The second-order valence-corrected chi connectivity index (χ2v) is 16.6. The number of rotatable bonds is 8. The molecule has 0 bridgehead atoms. The van der Waals surface area contributed by atoms with Crippen molar-refractivity contribution in [3.8, 4) is 89.8 Å². The predicted molar refractivity (Wildman–Crippen MR) is 274 cm³/mol. The number of hydrogen-bond acceptors (Lipinski definition) is 4. The van der Waals surface area contributed by atoms with E-state index in [1.54, 1.807) is 0 Å². The Morgan fingerprint density at radius 1 is 0.212 bits per heavy atom. The van der Waals surface area contributed by atoms with Gasteiger partial charge in [0.1, 0.15) is 0 Å². The summed E-state index contributed by atoms with van der Waals surface area (Å²) in [6.45, 7) is 0. The fourth-order valence-electron chi connectivity index (χ4n) is 9.00. The molecule has 0 aliphatic rings. The summed E-state index contributed by atoms with van der Waals surface area (Å²) < 4.78 is 0. The molecule has 0 fully saturated rings. The van der Waals surface area contributed by atoms with Crippen molar-refractivity contribution >= 4 is 32.6 Å². The van der Waals surface area contributed by atoms with Gasteiger partial charge in [-0.2, -0.15) is 0 Å². The van der Waals surface area contributed by atoms with Crippen LogP contribution in [0.3, 0.4) is 0 Å². The molecule has 12 rings (SSSR count). The van der Waals surface area contributed by atoms with Gasteiger partial charge in [-0.15, -0.1) is 0 Å². The number of aromatic nitrogens is 4. The van der Waals surface area contributed by atoms with Gasteiger partial charge in [-0.1, -0.05) is 212 Å². The lowest BCUT2D eigenvalue weighted by Crippen LogP contribution is -1.96. The molecule has 4 nitrogen and oxygen atoms in total. The lowest BCUT2D eigenvalue weighted by molar-refractivity contribution is 1.18. The van der Waals surface area contributed by atoms with E-state index in [2.05, 4.69) is 218 Å². The normalized spacial score (nSPS) is 11.3. The Kier molecular flexibility index (Phi) is 9.81. The summed E-state index contributed by atoms with van der Waals surface area (Å²) in [6, 6.07) is 85.2. The van der Waals surface area contributed by atoms with Crippen LogP contribution >= 0.6 is 0 Å². The highest BCUT2D eigenvalue weighted by Crippen LogP contribution is 2.38. The van der Waals surface area contributed by atoms with Gasteiger partial charge in [-0.25, -0.2) is 19.9 Å². The third-order valence-corrected chi connectivity index (χ3v) is 12.5. The van der Waals surface area contributed by atoms with E-state index in [4.69, 9.17) is 19.9 Å². The van der Waals surface area contributed by atoms with Gasteiger partial charge in [0, 0.05) is 38.6 Å². The summed E-state index contributed by atoms with van der Waals surface area (Å²) in [4.78, 5) is 21.0. The third kappa shape index (κ3) is 7.47. The van der Waals surface area contributed by atoms with Crippen molar-refractivity contribution in [2.24, 2.45) is 0 Å². The van der Waals surface area contributed by atoms with E-state index in [-0.39, 0.29) is 0 Å². The van der Waals surface area contributed by atoms with Crippen molar-refractivity contribution < 1.29 is 0 Å². The average Bonchev–Trinajstić information content (AvgIpc) is 3.41. The van der Waals surface area contributed by atoms with Crippen LogP contribution in [0.1, 0.15) is 0 Å². The Labute approximate surface area is 383 Å². The molecule has 0 radical (unpaired) electrons. The maximum atomic E-state index is 5.41. The summed E-state index contributed by atoms with van der Waals surface area (Å²) in [5, 5.41) is 4.53. The van der Waals surface area contributed by atoms with Gasteiger partial charge in [0.15, 0.2) is 5.82 Å². The number of nitrogens with zero attached hydrogens (tertiary/aromatic N) is 4. The molecule has 0 saturated carbocycles. The fraction of sp³-hybridized carbons (Fsp3) is 0. The highest BCUT2D eigenvalue weighted by atomic mass is 14.9. The van der Waals surface area contributed by atoms with Gasteiger partial charge in [-0.05, 0) is 74.5 Å². The molecule has 0 saturated heterocycles. The highest BCUT2D eigenvalue weighted by molar-refractivity contribution is 6.10. The monoisotopic (exact) mass is 840 g/mol. The maximum Gasteiger partial charge on any atom is 0.160 e. The molecule has 66 heavy (non-hydrogen) atoms. The SMILES string of the molecule is c1ccc(-c2ccc(-c3cc(-c4cccc(-c5ccc(-c6cc(-c7ccccc7)c7ccc8ccc(-c9ccc%10ccccc%10c9)nc8c7n6)cc5)c4)nc(-c4ccccc4)n3)cc2)cc1. The zero-order valence-corrected chi connectivity index (χ0v) is 35.9. The van der Waals surface area contributed by atoms with Crippen molar-refractivity contribution in [2.75, 3.05) is 0 Å². The molecule has 0 aliphatic carbocycles. The molecule has 12 aromatic rings. The first-order valence-electron chi connectivity index (χ1n) is 22.3. The lowest BCUT2D eigenvalue weighted by atomic mass is 9.95. The van der Waals surface area contributed by atoms with E-state index in [0.717, 1.165) is 94.7 Å². The third-order valence-electron chi connectivity index (χ3n) is 12.5. The van der Waals surface area contributed by atoms with E-state index in [9.17, 15) is 0 Å². The Morgan fingerprint density at radius 3 is 1.39 bits per heavy atom. The van der Waals surface area contributed by atoms with E-state index >= 15 is 0 Å². The second-order valence-electron chi connectivity index (χ2n) is 16.6. The van der Waals surface area contributed by atoms with Gasteiger partial charge in [0.25, 0.3) is 0 Å². The van der Waals surface area contributed by atoms with Crippen LogP contribution in [0, 0.1) is 0 Å². The molecule has 0 spiro atoms. The Balaban J connectivity index is 0.918. The zero-order chi connectivity index (χ0) is 43.8. The van der Waals surface area contributed by atoms with Crippen LogP contribution in [0.5, 0.6) is 0 Å². The topological polar surface area (TPSA) is 51.6 Å². The lowest BCUT2D eigenvalue weighted by Gasteiger charge is -2.13. The van der Waals surface area contributed by atoms with Gasteiger partial charge in [-0.3, -0.25) is 0 Å². The van der Waals surface area contributed by atoms with Crippen LogP contribution < -0.4 is 0 Å². The summed E-state index contributed by atoms with van der Waals surface area (Å²) in [5.41, 5.74) is 17.3. The minimum atomic E-state index is 0.690. The van der Waals surface area contributed by atoms with Crippen molar-refractivity contribution in [3.05, 3.63) is 243 Å². The average molecular weight is 841 g/mol. The van der Waals surface area contributed by atoms with Crippen LogP contribution in [0.15, 0.2) is 243 Å². The van der Waals surface area contributed by atoms with Crippen molar-refractivity contribution in [1.82, 2.24) is 19.9 Å². The molecule has 3 aromatic heterocycles. The Morgan fingerprint density at radius 2 is 0.682 bits per heavy atom. The number of pyridine rings is 2. The van der Waals surface area contributed by atoms with E-state index < -0.39 is 0 Å². The molecular formula is C62H40N4. The molecule has 0 aliphatic heterocycles. The number of benzene rings is 9. The standard InChI is InChI=1S/C62H40N4/c1-4-13-41(14-5-1)43-23-28-47(29-24-43)58-40-59(66-62(65-58)49-18-8-3-9-19-49)52-22-12-21-51(37-52)44-25-30-46(31-26-44)57-39-55(45-16-6-2-7-17-45)54-35-33-48-34-36-56(63-60(48)61(54)64-57)53-32-27-42-15-10-11-20-50(42)38-53/h1-40H. The minimum absolute atomic E-state index is 0.690. The summed E-state index contributed by atoms with van der Waals surface area (Å²) in [7, 11) is 0. The molecular weight excluding hydrogens is 801 g/mol. The van der Waals surface area contributed by atoms with Crippen LogP contribution in [0.25, 0.3) is 122 Å². The smallest absolute Gasteiger partial charge is 0.160 e. The maximum absolute atomic E-state index is 5.41. The quantitative estimate of drug-likeness (QED) is 0.143. The first kappa shape index (κ1) is 38.8. The summed E-state index contributed by atoms with van der Waals surface area (Å²) in [5.74, 6) is 0.690. The van der Waals surface area contributed by atoms with Crippen LogP contribution in [-0.4, -0.2) is 19.9 Å². The first-order valence-corrected chi connectivity index (χ1v) is 22.3. The van der Waals surface area contributed by atoms with E-state index in [0.29, 0.717) is 5.82 Å². The van der Waals surface area contributed by atoms with E-state index in [1.807, 2.05) is 24.3 Å². The van der Waals surface area contributed by atoms with Gasteiger partial charge in [0.2, 0.25) is 0 Å². The molecule has 0 atom stereocenters. The first-order chi connectivity index (χ1) is 32.7. The molecule has 0 amide bonds. The van der Waals surface area contributed by atoms with Crippen molar-refractivity contribution in [2.45, 2.75) is 0 Å². The largest absolute Gasteiger partial charge is 0.245 e. The minimum Gasteiger partial charge on any atom is -0.245 e. The van der Waals surface area contributed by atoms with Crippen LogP contribution in [-0.2, 0) is 0 Å². The molecule has 308 valence electrons. The van der Waals surface area contributed by atoms with Gasteiger partial charge >= 0.3 is 0 Å². The fourth-order valence-corrected chi connectivity index (χ4v) is 9.00. The van der Waals surface area contributed by atoms with E-state index in [1.165, 1.54) is 21.9 Å². The van der Waals surface area contributed by atoms with Crippen LogP contribution in [0.2, 0.25) is 0 Å². The predicted octanol–water partition coefficient (Wildman–Crippen LogP) is 16.1. The molecule has 3 heterocycles. The van der Waals surface area contributed by atoms with Crippen LogP contribution in [0.4, 0.5) is 0 Å². The Bertz CT molecular complexity index is 3720. The summed E-state index contributed by atoms with van der Waals surface area (Å²) in [6.07, 6.45) is 0. The molecule has 4 heteroatoms. The summed E-state index contributed by atoms with van der Waals surface area (Å²) >= 11 is 0. The van der Waals surface area contributed by atoms with Crippen molar-refractivity contribution in [1.29, 1.82) is 0 Å². The second kappa shape index (κ2) is 16.7. The molecule has 9 aromatic carbocycles. The Hall–Kier alpha value is -8.86. The van der Waals surface area contributed by atoms with Crippen molar-refractivity contribution in [3.63, 3.8) is 0 Å².